The molecule has 2 aromatic rings. The summed E-state index contributed by atoms with van der Waals surface area (Å²) >= 11 is 6.49. The van der Waals surface area contributed by atoms with Crippen molar-refractivity contribution in [3.8, 4) is 17.1 Å². The van der Waals surface area contributed by atoms with Gasteiger partial charge < -0.3 is 30.6 Å². The quantitative estimate of drug-likeness (QED) is 0.447. The molecule has 35 heavy (non-hydrogen) atoms. The van der Waals surface area contributed by atoms with Gasteiger partial charge in [0, 0.05) is 50.2 Å². The molecule has 0 spiro atoms. The van der Waals surface area contributed by atoms with Gasteiger partial charge in [0.25, 0.3) is 0 Å². The van der Waals surface area contributed by atoms with Gasteiger partial charge in [0.05, 0.1) is 35.3 Å². The number of hydrogen-bond acceptors (Lipinski definition) is 9. The number of nitrogens with two attached hydrogens (primary N) is 1. The van der Waals surface area contributed by atoms with Crippen LogP contribution >= 0.6 is 11.6 Å². The molecular formula is C25H37ClN6O3. The topological polar surface area (TPSA) is 116 Å². The Morgan fingerprint density at radius 1 is 1.17 bits per heavy atom. The Hall–Kier alpha value is -2.04. The van der Waals surface area contributed by atoms with Crippen molar-refractivity contribution in [3.63, 3.8) is 0 Å². The number of pyridine rings is 1. The van der Waals surface area contributed by atoms with Crippen molar-refractivity contribution in [1.82, 2.24) is 20.3 Å². The Morgan fingerprint density at radius 2 is 1.91 bits per heavy atom. The lowest BCUT2D eigenvalue weighted by molar-refractivity contribution is 0.0335. The van der Waals surface area contributed by atoms with Crippen molar-refractivity contribution in [2.24, 2.45) is 5.73 Å². The van der Waals surface area contributed by atoms with Crippen molar-refractivity contribution in [2.75, 3.05) is 38.9 Å². The molecule has 2 aromatic heterocycles. The van der Waals surface area contributed by atoms with Gasteiger partial charge in [-0.1, -0.05) is 11.6 Å². The van der Waals surface area contributed by atoms with Gasteiger partial charge in [0.15, 0.2) is 0 Å². The maximum absolute atomic E-state index is 6.49. The summed E-state index contributed by atoms with van der Waals surface area (Å²) in [6.07, 6.45) is 10.8. The molecule has 0 bridgehead atoms. The third kappa shape index (κ3) is 7.47. The highest BCUT2D eigenvalue weighted by molar-refractivity contribution is 6.33. The number of nitrogens with zero attached hydrogens (tertiary/aromatic N) is 3. The summed E-state index contributed by atoms with van der Waals surface area (Å²) in [5, 5.41) is 7.74. The summed E-state index contributed by atoms with van der Waals surface area (Å²) < 4.78 is 16.6. The average Bonchev–Trinajstić information content (AvgIpc) is 2.86. The molecule has 1 saturated carbocycles. The molecule has 0 amide bonds. The van der Waals surface area contributed by atoms with Gasteiger partial charge in [-0.15, -0.1) is 0 Å². The average molecular weight is 505 g/mol. The van der Waals surface area contributed by atoms with E-state index in [0.29, 0.717) is 54.5 Å². The van der Waals surface area contributed by atoms with Gasteiger partial charge >= 0.3 is 0 Å². The largest absolute Gasteiger partial charge is 0.475 e. The third-order valence-corrected chi connectivity index (χ3v) is 7.06. The molecule has 10 heteroatoms. The van der Waals surface area contributed by atoms with Crippen molar-refractivity contribution >= 4 is 17.4 Å². The Bertz CT molecular complexity index is 951. The second-order valence-electron chi connectivity index (χ2n) is 9.77. The first-order valence-electron chi connectivity index (χ1n) is 12.4. The van der Waals surface area contributed by atoms with Gasteiger partial charge in [-0.05, 0) is 51.5 Å². The summed E-state index contributed by atoms with van der Waals surface area (Å²) in [4.78, 5) is 13.4. The molecule has 2 fully saturated rings. The molecule has 192 valence electrons. The van der Waals surface area contributed by atoms with Crippen molar-refractivity contribution in [3.05, 3.63) is 29.7 Å². The Balaban J connectivity index is 1.36. The zero-order chi connectivity index (χ0) is 24.7. The van der Waals surface area contributed by atoms with Gasteiger partial charge in [-0.25, -0.2) is 9.97 Å². The molecule has 1 aliphatic heterocycles. The van der Waals surface area contributed by atoms with Crippen LogP contribution in [0.3, 0.4) is 0 Å². The highest BCUT2D eigenvalue weighted by Gasteiger charge is 2.29. The van der Waals surface area contributed by atoms with Gasteiger partial charge in [-0.2, -0.15) is 0 Å². The molecule has 2 aliphatic rings. The fourth-order valence-electron chi connectivity index (χ4n) is 4.72. The monoisotopic (exact) mass is 504 g/mol. The van der Waals surface area contributed by atoms with E-state index in [1.165, 1.54) is 0 Å². The Kier molecular flexibility index (Phi) is 9.13. The van der Waals surface area contributed by atoms with E-state index in [1.54, 1.807) is 25.7 Å². The maximum atomic E-state index is 6.49. The standard InChI is InChI=1S/C25H37ClN6O3/c1-17(15-33-2)30-18-3-5-19(6-4-18)31-23-11-20(21(26)12-29-23)22-13-28-14-24(32-22)35-16-25(27)7-9-34-10-8-25/h11-14,17-19,30H,3-10,15-16,27H2,1-2H3,(H,29,31)/t17-,18?,19?/m1/s1. The summed E-state index contributed by atoms with van der Waals surface area (Å²) in [5.41, 5.74) is 7.43. The highest BCUT2D eigenvalue weighted by atomic mass is 35.5. The summed E-state index contributed by atoms with van der Waals surface area (Å²) in [7, 11) is 1.74. The molecule has 0 unspecified atom stereocenters. The zero-order valence-corrected chi connectivity index (χ0v) is 21.4. The lowest BCUT2D eigenvalue weighted by Crippen LogP contribution is -2.49. The number of nitrogens with one attached hydrogen (secondary N) is 2. The van der Waals surface area contributed by atoms with E-state index in [2.05, 4.69) is 32.5 Å². The molecule has 4 rings (SSSR count). The van der Waals surface area contributed by atoms with E-state index in [1.807, 2.05) is 6.07 Å². The minimum Gasteiger partial charge on any atom is -0.475 e. The van der Waals surface area contributed by atoms with Crippen LogP contribution in [0.5, 0.6) is 5.88 Å². The van der Waals surface area contributed by atoms with Crippen molar-refractivity contribution in [1.29, 1.82) is 0 Å². The van der Waals surface area contributed by atoms with Crippen molar-refractivity contribution in [2.45, 2.75) is 69.1 Å². The molecule has 9 nitrogen and oxygen atoms in total. The number of hydrogen-bond donors (Lipinski definition) is 3. The number of methoxy groups -OCH3 is 1. The SMILES string of the molecule is COC[C@@H](C)NC1CCC(Nc2cc(-c3cncc(OCC4(N)CCOCC4)n3)c(Cl)cn2)CC1. The van der Waals surface area contributed by atoms with Crippen LogP contribution < -0.4 is 21.1 Å². The van der Waals surface area contributed by atoms with Crippen LogP contribution in [0.2, 0.25) is 5.02 Å². The second kappa shape index (κ2) is 12.3. The summed E-state index contributed by atoms with van der Waals surface area (Å²) in [6.45, 7) is 4.56. The molecule has 4 N–H and O–H groups in total. The Labute approximate surface area is 212 Å². The van der Waals surface area contributed by atoms with Crippen LogP contribution in [-0.2, 0) is 9.47 Å². The second-order valence-corrected chi connectivity index (χ2v) is 10.2. The molecule has 1 aliphatic carbocycles. The van der Waals surface area contributed by atoms with E-state index in [9.17, 15) is 0 Å². The first-order valence-corrected chi connectivity index (χ1v) is 12.8. The first-order chi connectivity index (χ1) is 16.9. The zero-order valence-electron chi connectivity index (χ0n) is 20.6. The lowest BCUT2D eigenvalue weighted by atomic mass is 9.90. The predicted molar refractivity (Wildman–Crippen MR) is 137 cm³/mol. The third-order valence-electron chi connectivity index (χ3n) is 6.76. The van der Waals surface area contributed by atoms with Gasteiger partial charge in [0.1, 0.15) is 12.4 Å². The number of rotatable bonds is 10. The number of halogens is 1. The molecule has 0 aromatic carbocycles. The van der Waals surface area contributed by atoms with Crippen LogP contribution in [0.25, 0.3) is 11.3 Å². The first kappa shape index (κ1) is 26.0. The maximum Gasteiger partial charge on any atom is 0.232 e. The van der Waals surface area contributed by atoms with E-state index in [0.717, 1.165) is 56.5 Å². The van der Waals surface area contributed by atoms with Crippen LogP contribution in [-0.4, -0.2) is 72.2 Å². The minimum atomic E-state index is -0.405. The Morgan fingerprint density at radius 3 is 2.66 bits per heavy atom. The summed E-state index contributed by atoms with van der Waals surface area (Å²) in [6, 6.07) is 3.19. The molecule has 3 heterocycles. The molecule has 1 atom stereocenters. The van der Waals surface area contributed by atoms with E-state index in [-0.39, 0.29) is 0 Å². The fourth-order valence-corrected chi connectivity index (χ4v) is 4.92. The molecule has 0 radical (unpaired) electrons. The normalized spacial score (nSPS) is 23.0. The number of ether oxygens (including phenoxy) is 3. The number of aromatic nitrogens is 3. The van der Waals surface area contributed by atoms with Crippen LogP contribution in [0.15, 0.2) is 24.7 Å². The lowest BCUT2D eigenvalue weighted by Gasteiger charge is -2.32. The number of anilines is 1. The van der Waals surface area contributed by atoms with Crippen LogP contribution in [0.1, 0.15) is 45.4 Å². The fraction of sp³-hybridized carbons (Fsp3) is 0.640. The minimum absolute atomic E-state index is 0.364. The summed E-state index contributed by atoms with van der Waals surface area (Å²) in [5.74, 6) is 1.21. The molecular weight excluding hydrogens is 468 g/mol. The van der Waals surface area contributed by atoms with Crippen LogP contribution in [0, 0.1) is 0 Å². The van der Waals surface area contributed by atoms with Gasteiger partial charge in [0.2, 0.25) is 5.88 Å². The van der Waals surface area contributed by atoms with E-state index >= 15 is 0 Å². The molecule has 1 saturated heterocycles. The smallest absolute Gasteiger partial charge is 0.232 e. The van der Waals surface area contributed by atoms with E-state index in [4.69, 9.17) is 31.5 Å². The van der Waals surface area contributed by atoms with Crippen LogP contribution in [0.4, 0.5) is 5.82 Å². The van der Waals surface area contributed by atoms with E-state index < -0.39 is 5.54 Å². The van der Waals surface area contributed by atoms with Gasteiger partial charge in [-0.3, -0.25) is 4.98 Å². The van der Waals surface area contributed by atoms with Crippen molar-refractivity contribution < 1.29 is 14.2 Å². The highest BCUT2D eigenvalue weighted by Crippen LogP contribution is 2.30. The predicted octanol–water partition coefficient (Wildman–Crippen LogP) is 3.43.